The molecular formula is C16H22N2O5. The van der Waals surface area contributed by atoms with Crippen molar-refractivity contribution >= 4 is 18.0 Å². The van der Waals surface area contributed by atoms with Gasteiger partial charge >= 0.3 is 12.1 Å². The zero-order chi connectivity index (χ0) is 17.2. The van der Waals surface area contributed by atoms with Crippen molar-refractivity contribution in [1.82, 2.24) is 10.6 Å². The maximum atomic E-state index is 11.9. The molecule has 2 atom stereocenters. The molecule has 0 spiro atoms. The first-order chi connectivity index (χ1) is 10.9. The van der Waals surface area contributed by atoms with Crippen LogP contribution < -0.4 is 10.6 Å². The van der Waals surface area contributed by atoms with E-state index in [2.05, 4.69) is 10.6 Å². The SMILES string of the molecule is CCOC(=O)[C@H](C)NC(=O)[C@H](C)NC(=O)OCc1ccccc1. The Kier molecular flexibility index (Phi) is 7.59. The van der Waals surface area contributed by atoms with Gasteiger partial charge in [-0.05, 0) is 26.3 Å². The number of nitrogens with one attached hydrogen (secondary N) is 2. The third-order valence-corrected chi connectivity index (χ3v) is 2.94. The predicted octanol–water partition coefficient (Wildman–Crippen LogP) is 1.37. The van der Waals surface area contributed by atoms with E-state index in [1.165, 1.54) is 13.8 Å². The molecule has 1 rings (SSSR count). The number of benzene rings is 1. The second-order valence-corrected chi connectivity index (χ2v) is 4.91. The molecule has 2 amide bonds. The van der Waals surface area contributed by atoms with Crippen LogP contribution in [0.15, 0.2) is 30.3 Å². The van der Waals surface area contributed by atoms with Gasteiger partial charge < -0.3 is 20.1 Å². The van der Waals surface area contributed by atoms with Gasteiger partial charge in [0.05, 0.1) is 6.61 Å². The fourth-order valence-corrected chi connectivity index (χ4v) is 1.67. The third kappa shape index (κ3) is 6.82. The summed E-state index contributed by atoms with van der Waals surface area (Å²) in [6.07, 6.45) is -0.708. The highest BCUT2D eigenvalue weighted by molar-refractivity contribution is 5.89. The van der Waals surface area contributed by atoms with Gasteiger partial charge in [0.15, 0.2) is 0 Å². The summed E-state index contributed by atoms with van der Waals surface area (Å²) in [6.45, 7) is 5.03. The van der Waals surface area contributed by atoms with Crippen LogP contribution in [0.3, 0.4) is 0 Å². The molecule has 0 radical (unpaired) electrons. The van der Waals surface area contributed by atoms with E-state index in [4.69, 9.17) is 9.47 Å². The Labute approximate surface area is 135 Å². The minimum atomic E-state index is -0.838. The molecule has 0 fully saturated rings. The summed E-state index contributed by atoms with van der Waals surface area (Å²) in [4.78, 5) is 35.0. The Morgan fingerprint density at radius 2 is 1.65 bits per heavy atom. The molecule has 0 aromatic heterocycles. The van der Waals surface area contributed by atoms with Crippen LogP contribution in [-0.2, 0) is 25.7 Å². The topological polar surface area (TPSA) is 93.7 Å². The predicted molar refractivity (Wildman–Crippen MR) is 83.5 cm³/mol. The molecule has 2 N–H and O–H groups in total. The molecular weight excluding hydrogens is 300 g/mol. The van der Waals surface area contributed by atoms with Crippen LogP contribution in [0.5, 0.6) is 0 Å². The number of carbonyl (C=O) groups is 3. The van der Waals surface area contributed by atoms with Crippen molar-refractivity contribution in [3.63, 3.8) is 0 Å². The second-order valence-electron chi connectivity index (χ2n) is 4.91. The van der Waals surface area contributed by atoms with E-state index in [-0.39, 0.29) is 13.2 Å². The number of ether oxygens (including phenoxy) is 2. The number of rotatable bonds is 7. The van der Waals surface area contributed by atoms with Gasteiger partial charge in [-0.3, -0.25) is 4.79 Å². The van der Waals surface area contributed by atoms with Crippen LogP contribution in [0.1, 0.15) is 26.3 Å². The van der Waals surface area contributed by atoms with Crippen molar-refractivity contribution in [3.05, 3.63) is 35.9 Å². The van der Waals surface area contributed by atoms with Crippen LogP contribution in [0.25, 0.3) is 0 Å². The maximum Gasteiger partial charge on any atom is 0.408 e. The van der Waals surface area contributed by atoms with Crippen molar-refractivity contribution in [2.24, 2.45) is 0 Å². The van der Waals surface area contributed by atoms with Gasteiger partial charge in [-0.15, -0.1) is 0 Å². The Balaban J connectivity index is 2.36. The molecule has 0 aliphatic carbocycles. The molecule has 1 aromatic rings. The summed E-state index contributed by atoms with van der Waals surface area (Å²) in [5, 5.41) is 4.86. The number of esters is 1. The first-order valence-electron chi connectivity index (χ1n) is 7.38. The summed E-state index contributed by atoms with van der Waals surface area (Å²) in [6, 6.07) is 7.56. The summed E-state index contributed by atoms with van der Waals surface area (Å²) in [7, 11) is 0. The standard InChI is InChI=1S/C16H22N2O5/c1-4-22-15(20)12(3)17-14(19)11(2)18-16(21)23-10-13-8-6-5-7-9-13/h5-9,11-12H,4,10H2,1-3H3,(H,17,19)(H,18,21)/t11-,12-/m0/s1. The molecule has 1 aromatic carbocycles. The van der Waals surface area contributed by atoms with E-state index in [9.17, 15) is 14.4 Å². The van der Waals surface area contributed by atoms with Gasteiger partial charge in [0.25, 0.3) is 0 Å². The number of carbonyl (C=O) groups excluding carboxylic acids is 3. The summed E-state index contributed by atoms with van der Waals surface area (Å²) in [5.74, 6) is -1.03. The Morgan fingerprint density at radius 3 is 2.26 bits per heavy atom. The highest BCUT2D eigenvalue weighted by Crippen LogP contribution is 2.00. The molecule has 0 bridgehead atoms. The van der Waals surface area contributed by atoms with Gasteiger partial charge in [-0.2, -0.15) is 0 Å². The molecule has 0 unspecified atom stereocenters. The van der Waals surface area contributed by atoms with Crippen LogP contribution in [0, 0.1) is 0 Å². The highest BCUT2D eigenvalue weighted by atomic mass is 16.5. The van der Waals surface area contributed by atoms with Gasteiger partial charge in [0, 0.05) is 0 Å². The summed E-state index contributed by atoms with van der Waals surface area (Å²) in [5.41, 5.74) is 0.843. The summed E-state index contributed by atoms with van der Waals surface area (Å²) < 4.78 is 9.81. The minimum absolute atomic E-state index is 0.111. The van der Waals surface area contributed by atoms with Crippen molar-refractivity contribution in [2.75, 3.05) is 6.61 Å². The van der Waals surface area contributed by atoms with Crippen molar-refractivity contribution in [3.8, 4) is 0 Å². The lowest BCUT2D eigenvalue weighted by molar-refractivity contribution is -0.147. The van der Waals surface area contributed by atoms with Gasteiger partial charge in [0.1, 0.15) is 18.7 Å². The normalized spacial score (nSPS) is 12.7. The lowest BCUT2D eigenvalue weighted by Crippen LogP contribution is -2.49. The average molecular weight is 322 g/mol. The fraction of sp³-hybridized carbons (Fsp3) is 0.438. The largest absolute Gasteiger partial charge is 0.464 e. The zero-order valence-electron chi connectivity index (χ0n) is 13.5. The van der Waals surface area contributed by atoms with Crippen molar-refractivity contribution in [2.45, 2.75) is 39.5 Å². The van der Waals surface area contributed by atoms with Crippen LogP contribution in [-0.4, -0.2) is 36.7 Å². The van der Waals surface area contributed by atoms with E-state index in [0.717, 1.165) is 5.56 Å². The molecule has 0 heterocycles. The van der Waals surface area contributed by atoms with Crippen LogP contribution in [0.2, 0.25) is 0 Å². The monoisotopic (exact) mass is 322 g/mol. The highest BCUT2D eigenvalue weighted by Gasteiger charge is 2.21. The third-order valence-electron chi connectivity index (χ3n) is 2.94. The second kappa shape index (κ2) is 9.45. The molecule has 7 nitrogen and oxygen atoms in total. The van der Waals surface area contributed by atoms with E-state index < -0.39 is 30.1 Å². The number of hydrogen-bond acceptors (Lipinski definition) is 5. The minimum Gasteiger partial charge on any atom is -0.464 e. The molecule has 0 aliphatic rings. The Hall–Kier alpha value is -2.57. The van der Waals surface area contributed by atoms with E-state index in [0.29, 0.717) is 0 Å². The average Bonchev–Trinajstić information content (AvgIpc) is 2.54. The molecule has 0 saturated heterocycles. The number of hydrogen-bond donors (Lipinski definition) is 2. The van der Waals surface area contributed by atoms with E-state index in [1.54, 1.807) is 6.92 Å². The molecule has 7 heteroatoms. The fourth-order valence-electron chi connectivity index (χ4n) is 1.67. The van der Waals surface area contributed by atoms with Crippen molar-refractivity contribution < 1.29 is 23.9 Å². The number of alkyl carbamates (subject to hydrolysis) is 1. The maximum absolute atomic E-state index is 11.9. The Bertz CT molecular complexity index is 533. The van der Waals surface area contributed by atoms with Gasteiger partial charge in [-0.25, -0.2) is 9.59 Å². The number of amides is 2. The zero-order valence-corrected chi connectivity index (χ0v) is 13.5. The smallest absolute Gasteiger partial charge is 0.408 e. The molecule has 126 valence electrons. The lowest BCUT2D eigenvalue weighted by atomic mass is 10.2. The molecule has 23 heavy (non-hydrogen) atoms. The van der Waals surface area contributed by atoms with Crippen LogP contribution in [0.4, 0.5) is 4.79 Å². The first kappa shape index (κ1) is 18.5. The van der Waals surface area contributed by atoms with Gasteiger partial charge in [0.2, 0.25) is 5.91 Å². The van der Waals surface area contributed by atoms with E-state index in [1.807, 2.05) is 30.3 Å². The van der Waals surface area contributed by atoms with Crippen LogP contribution >= 0.6 is 0 Å². The Morgan fingerprint density at radius 1 is 1.00 bits per heavy atom. The molecule has 0 saturated carbocycles. The van der Waals surface area contributed by atoms with E-state index >= 15 is 0 Å². The van der Waals surface area contributed by atoms with Gasteiger partial charge in [-0.1, -0.05) is 30.3 Å². The quantitative estimate of drug-likeness (QED) is 0.740. The summed E-state index contributed by atoms with van der Waals surface area (Å²) >= 11 is 0. The molecule has 0 aliphatic heterocycles. The lowest BCUT2D eigenvalue weighted by Gasteiger charge is -2.17. The van der Waals surface area contributed by atoms with Crippen molar-refractivity contribution in [1.29, 1.82) is 0 Å². The first-order valence-corrected chi connectivity index (χ1v) is 7.38.